The second kappa shape index (κ2) is 6.69. The quantitative estimate of drug-likeness (QED) is 0.798. The van der Waals surface area contributed by atoms with Crippen LogP contribution in [0, 0.1) is 5.92 Å². The van der Waals surface area contributed by atoms with Gasteiger partial charge in [0.25, 0.3) is 5.91 Å². The third-order valence-electron chi connectivity index (χ3n) is 4.41. The molecule has 0 aliphatic carbocycles. The summed E-state index contributed by atoms with van der Waals surface area (Å²) >= 11 is 7.34. The van der Waals surface area contributed by atoms with Crippen LogP contribution < -0.4 is 4.90 Å². The van der Waals surface area contributed by atoms with E-state index in [2.05, 4.69) is 4.99 Å². The topological polar surface area (TPSA) is 66.8 Å². The van der Waals surface area contributed by atoms with Crippen LogP contribution in [-0.4, -0.2) is 42.3 Å². The summed E-state index contributed by atoms with van der Waals surface area (Å²) in [7, 11) is -3.06. The van der Waals surface area contributed by atoms with E-state index in [-0.39, 0.29) is 34.6 Å². The number of halogens is 1. The predicted molar refractivity (Wildman–Crippen MR) is 99.6 cm³/mol. The molecule has 8 heteroatoms. The largest absolute Gasteiger partial charge is 0.316 e. The molecule has 2 aliphatic heterocycles. The highest BCUT2D eigenvalue weighted by molar-refractivity contribution is 8.16. The molecule has 2 aliphatic rings. The number of carbonyl (C=O) groups is 1. The predicted octanol–water partition coefficient (Wildman–Crippen LogP) is 2.99. The van der Waals surface area contributed by atoms with Crippen LogP contribution in [0.5, 0.6) is 0 Å². The van der Waals surface area contributed by atoms with Gasteiger partial charge in [-0.05, 0) is 30.7 Å². The number of sulfone groups is 1. The molecule has 24 heavy (non-hydrogen) atoms. The molecule has 130 valence electrons. The van der Waals surface area contributed by atoms with Gasteiger partial charge in [0.2, 0.25) is 0 Å². The first-order valence-corrected chi connectivity index (χ1v) is 10.9. The lowest BCUT2D eigenvalue weighted by atomic mass is 10.1. The van der Waals surface area contributed by atoms with Crippen molar-refractivity contribution in [3.8, 4) is 0 Å². The van der Waals surface area contributed by atoms with Gasteiger partial charge < -0.3 is 4.90 Å². The van der Waals surface area contributed by atoms with Crippen molar-refractivity contribution in [2.45, 2.75) is 31.6 Å². The summed E-state index contributed by atoms with van der Waals surface area (Å²) in [6.45, 7) is 3.80. The number of thioether (sulfide) groups is 1. The van der Waals surface area contributed by atoms with Gasteiger partial charge in [-0.2, -0.15) is 4.99 Å². The minimum Gasteiger partial charge on any atom is -0.316 e. The third kappa shape index (κ3) is 3.48. The van der Waals surface area contributed by atoms with E-state index in [0.717, 1.165) is 12.1 Å². The van der Waals surface area contributed by atoms with E-state index in [9.17, 15) is 13.2 Å². The second-order valence-corrected chi connectivity index (χ2v) is 9.99. The Balaban J connectivity index is 1.98. The fraction of sp³-hybridized carbons (Fsp3) is 0.500. The normalized spacial score (nSPS) is 28.1. The van der Waals surface area contributed by atoms with Crippen LogP contribution in [0.3, 0.4) is 0 Å². The highest BCUT2D eigenvalue weighted by Crippen LogP contribution is 2.41. The molecule has 1 aromatic carbocycles. The maximum absolute atomic E-state index is 12.2. The summed E-state index contributed by atoms with van der Waals surface area (Å²) in [5, 5.41) is 1.11. The van der Waals surface area contributed by atoms with E-state index in [1.165, 1.54) is 11.8 Å². The Morgan fingerprint density at radius 3 is 2.67 bits per heavy atom. The van der Waals surface area contributed by atoms with Gasteiger partial charge in [0.05, 0.1) is 17.5 Å². The lowest BCUT2D eigenvalue weighted by Gasteiger charge is -2.24. The van der Waals surface area contributed by atoms with Crippen molar-refractivity contribution in [1.29, 1.82) is 0 Å². The van der Waals surface area contributed by atoms with Crippen LogP contribution >= 0.6 is 23.4 Å². The molecule has 3 atom stereocenters. The standard InChI is InChI=1S/C16H19ClN2O3S2/c1-3-10(2)15(20)18-16-19(12-6-4-11(17)5-7-12)13-8-24(21,22)9-14(13)23-16/h4-7,10,13-14H,3,8-9H2,1-2H3/t10-,13-,14+/m0/s1. The summed E-state index contributed by atoms with van der Waals surface area (Å²) in [5.41, 5.74) is 0.812. The molecule has 2 heterocycles. The molecule has 1 amide bonds. The minimum absolute atomic E-state index is 0.0871. The van der Waals surface area contributed by atoms with E-state index < -0.39 is 9.84 Å². The monoisotopic (exact) mass is 386 g/mol. The molecule has 0 aromatic heterocycles. The van der Waals surface area contributed by atoms with Gasteiger partial charge in [-0.15, -0.1) is 0 Å². The van der Waals surface area contributed by atoms with E-state index in [1.807, 2.05) is 30.9 Å². The highest BCUT2D eigenvalue weighted by Gasteiger charge is 2.49. The Hall–Kier alpha value is -1.05. The molecule has 0 unspecified atom stereocenters. The molecule has 5 nitrogen and oxygen atoms in total. The van der Waals surface area contributed by atoms with E-state index in [4.69, 9.17) is 11.6 Å². The summed E-state index contributed by atoms with van der Waals surface area (Å²) in [5.74, 6) is -0.0941. The van der Waals surface area contributed by atoms with Crippen molar-refractivity contribution in [3.63, 3.8) is 0 Å². The number of aliphatic imine (C=N–C) groups is 1. The van der Waals surface area contributed by atoms with Gasteiger partial charge in [-0.3, -0.25) is 4.79 Å². The van der Waals surface area contributed by atoms with Gasteiger partial charge in [-0.25, -0.2) is 8.42 Å². The summed E-state index contributed by atoms with van der Waals surface area (Å²) in [6, 6.07) is 6.99. The van der Waals surface area contributed by atoms with Crippen molar-refractivity contribution in [2.24, 2.45) is 10.9 Å². The van der Waals surface area contributed by atoms with E-state index >= 15 is 0 Å². The number of hydrogen-bond acceptors (Lipinski definition) is 4. The van der Waals surface area contributed by atoms with Crippen LogP contribution in [0.15, 0.2) is 29.3 Å². The molecule has 2 fully saturated rings. The Labute approximate surface area is 151 Å². The van der Waals surface area contributed by atoms with E-state index in [1.54, 1.807) is 12.1 Å². The molecule has 0 spiro atoms. The zero-order valence-electron chi connectivity index (χ0n) is 13.5. The number of amides is 1. The van der Waals surface area contributed by atoms with Crippen LogP contribution in [-0.2, 0) is 14.6 Å². The van der Waals surface area contributed by atoms with E-state index in [0.29, 0.717) is 10.2 Å². The Bertz CT molecular complexity index is 777. The zero-order chi connectivity index (χ0) is 17.5. The van der Waals surface area contributed by atoms with Crippen molar-refractivity contribution in [3.05, 3.63) is 29.3 Å². The molecule has 0 radical (unpaired) electrons. The maximum Gasteiger partial charge on any atom is 0.250 e. The fourth-order valence-corrected chi connectivity index (χ4v) is 6.89. The first kappa shape index (κ1) is 17.8. The average Bonchev–Trinajstić information content (AvgIpc) is 2.98. The molecule has 0 saturated carbocycles. The zero-order valence-corrected chi connectivity index (χ0v) is 15.9. The number of anilines is 1. The Morgan fingerprint density at radius 2 is 2.04 bits per heavy atom. The van der Waals surface area contributed by atoms with Gasteiger partial charge in [0.15, 0.2) is 15.0 Å². The van der Waals surface area contributed by atoms with Crippen molar-refractivity contribution in [2.75, 3.05) is 16.4 Å². The van der Waals surface area contributed by atoms with Crippen molar-refractivity contribution in [1.82, 2.24) is 0 Å². The first-order valence-electron chi connectivity index (χ1n) is 7.85. The molecular formula is C16H19ClN2O3S2. The van der Waals surface area contributed by atoms with Crippen LogP contribution in [0.2, 0.25) is 5.02 Å². The SMILES string of the molecule is CC[C@H](C)C(=O)N=C1S[C@@H]2CS(=O)(=O)C[C@@H]2N1c1ccc(Cl)cc1. The number of rotatable bonds is 3. The van der Waals surface area contributed by atoms with Crippen LogP contribution in [0.4, 0.5) is 5.69 Å². The van der Waals surface area contributed by atoms with Gasteiger partial charge in [0, 0.05) is 21.9 Å². The van der Waals surface area contributed by atoms with Crippen molar-refractivity contribution < 1.29 is 13.2 Å². The van der Waals surface area contributed by atoms with Gasteiger partial charge >= 0.3 is 0 Å². The minimum atomic E-state index is -3.06. The highest BCUT2D eigenvalue weighted by atomic mass is 35.5. The van der Waals surface area contributed by atoms with Crippen molar-refractivity contribution >= 4 is 50.0 Å². The number of hydrogen-bond donors (Lipinski definition) is 0. The number of fused-ring (bicyclic) bond motifs is 1. The lowest BCUT2D eigenvalue weighted by Crippen LogP contribution is -2.37. The number of nitrogens with zero attached hydrogens (tertiary/aromatic N) is 2. The average molecular weight is 387 g/mol. The van der Waals surface area contributed by atoms with Crippen LogP contribution in [0.1, 0.15) is 20.3 Å². The molecule has 0 bridgehead atoms. The van der Waals surface area contributed by atoms with Gasteiger partial charge in [0.1, 0.15) is 0 Å². The Morgan fingerprint density at radius 1 is 1.38 bits per heavy atom. The number of carbonyl (C=O) groups excluding carboxylic acids is 1. The lowest BCUT2D eigenvalue weighted by molar-refractivity contribution is -0.121. The first-order chi connectivity index (χ1) is 11.3. The second-order valence-electron chi connectivity index (χ2n) is 6.19. The number of amidine groups is 1. The maximum atomic E-state index is 12.2. The summed E-state index contributed by atoms with van der Waals surface area (Å²) in [6.07, 6.45) is 0.725. The smallest absolute Gasteiger partial charge is 0.250 e. The fourth-order valence-electron chi connectivity index (χ4n) is 2.85. The molecule has 0 N–H and O–H groups in total. The summed E-state index contributed by atoms with van der Waals surface area (Å²) < 4.78 is 24.0. The third-order valence-corrected chi connectivity index (χ3v) is 7.87. The molecular weight excluding hydrogens is 368 g/mol. The molecule has 2 saturated heterocycles. The Kier molecular flexibility index (Phi) is 4.95. The summed E-state index contributed by atoms with van der Waals surface area (Å²) in [4.78, 5) is 18.4. The molecule has 3 rings (SSSR count). The number of benzene rings is 1. The van der Waals surface area contributed by atoms with Crippen LogP contribution in [0.25, 0.3) is 0 Å². The van der Waals surface area contributed by atoms with Gasteiger partial charge in [-0.1, -0.05) is 37.2 Å². The molecule has 1 aromatic rings.